The van der Waals surface area contributed by atoms with Gasteiger partial charge in [0.2, 0.25) is 118 Å². The van der Waals surface area contributed by atoms with Crippen LogP contribution in [-0.2, 0) is 102 Å². The number of phenolic OH excluding ortho intramolecular Hbond substituents is 1. The molecule has 1 fully saturated rings. The number of phenols is 1. The standard InChI is InChI=1S/C83H138N20O23/c1-42(2)36-52(64(115)99-83(23,24)75(126)103-35-25-26-55(103)66(117)90-53(37-43(3)4)65(116)98-82(21,22)74(125)102-79(15,16)70(121)91-50(31-33-56(84)108)61(112)88-48(40-104)38-47-27-29-49(107)30-28-47)89-58(110)39-86-68(119)76(9,10)100-67(118)59(44(5)6)94-72(123)78(13,14)97-63(114)51(32-34-57(85)109)92-71(122)80(17,18)101-73(124)81(19,20)96-60(111)45(7)87-62(113)54(41-105)93-69(120)77(11,12)95-46(8)106/h27-30,42-45,48,50-55,59,104-105,107H,25-26,31-41H2,1-24H3,(H2,84,108)(H2,85,109)(H,86,119)(H,87,113)(H,88,112)(H,89,110)(H,90,117)(H,91,121)(H,92,122)(H,93,120)(H,94,123)(H,95,106)(H,96,111)(H,97,114)(H,98,116)(H,99,115)(H,100,118)(H,101,124)(H,102,125). The molecule has 43 heteroatoms. The Morgan fingerprint density at radius 1 is 0.413 bits per heavy atom. The van der Waals surface area contributed by atoms with Crippen molar-refractivity contribution in [1.29, 1.82) is 0 Å². The quantitative estimate of drug-likeness (QED) is 0.0292. The Kier molecular flexibility index (Phi) is 40.8. The Morgan fingerprint density at radius 3 is 1.23 bits per heavy atom. The van der Waals surface area contributed by atoms with E-state index in [1.807, 2.05) is 0 Å². The van der Waals surface area contributed by atoms with E-state index in [4.69, 9.17) is 11.5 Å². The van der Waals surface area contributed by atoms with Gasteiger partial charge in [0.1, 0.15) is 98.4 Å². The zero-order valence-corrected chi connectivity index (χ0v) is 77.0. The molecule has 1 aliphatic rings. The van der Waals surface area contributed by atoms with Gasteiger partial charge in [-0.15, -0.1) is 0 Å². The molecule has 0 spiro atoms. The molecule has 0 aromatic heterocycles. The van der Waals surface area contributed by atoms with Gasteiger partial charge in [0, 0.05) is 26.3 Å². The zero-order valence-electron chi connectivity index (χ0n) is 77.0. The maximum Gasteiger partial charge on any atom is 0.248 e. The molecule has 0 bridgehead atoms. The van der Waals surface area contributed by atoms with Crippen molar-refractivity contribution in [2.24, 2.45) is 29.2 Å². The highest BCUT2D eigenvalue weighted by atomic mass is 16.3. The normalized spacial score (nSPS) is 15.2. The molecule has 1 aromatic rings. The van der Waals surface area contributed by atoms with Gasteiger partial charge in [-0.05, 0) is 198 Å². The van der Waals surface area contributed by atoms with Crippen molar-refractivity contribution in [3.8, 4) is 5.75 Å². The summed E-state index contributed by atoms with van der Waals surface area (Å²) in [5, 5.41) is 72.6. The number of hydrogen-bond acceptors (Lipinski definition) is 23. The summed E-state index contributed by atoms with van der Waals surface area (Å²) >= 11 is 0. The molecule has 708 valence electrons. The summed E-state index contributed by atoms with van der Waals surface area (Å²) < 4.78 is 0. The summed E-state index contributed by atoms with van der Waals surface area (Å²) in [6, 6.07) is -5.92. The molecule has 0 saturated carbocycles. The average Bonchev–Trinajstić information content (AvgIpc) is 1.58. The summed E-state index contributed by atoms with van der Waals surface area (Å²) in [5.74, 6) is -18.3. The monoisotopic (exact) mass is 1780 g/mol. The Bertz CT molecular complexity index is 4160. The van der Waals surface area contributed by atoms with E-state index in [-0.39, 0.29) is 62.7 Å². The van der Waals surface area contributed by atoms with Crippen LogP contribution in [0.2, 0.25) is 0 Å². The fourth-order valence-electron chi connectivity index (χ4n) is 12.6. The summed E-state index contributed by atoms with van der Waals surface area (Å²) in [4.78, 5) is 272. The Balaban J connectivity index is 2.18. The van der Waals surface area contributed by atoms with E-state index >= 15 is 0 Å². The molecular formula is C83H138N20O23. The number of rotatable bonds is 49. The van der Waals surface area contributed by atoms with Crippen LogP contribution in [-0.4, -0.2) is 263 Å². The van der Waals surface area contributed by atoms with Gasteiger partial charge in [0.15, 0.2) is 0 Å². The highest BCUT2D eigenvalue weighted by molar-refractivity contribution is 6.04. The maximum atomic E-state index is 14.6. The summed E-state index contributed by atoms with van der Waals surface area (Å²) in [5.41, 5.74) is -2.77. The first kappa shape index (κ1) is 110. The van der Waals surface area contributed by atoms with Crippen molar-refractivity contribution in [2.45, 2.75) is 323 Å². The topological polar surface area (TPSA) is 662 Å². The van der Waals surface area contributed by atoms with Crippen molar-refractivity contribution in [1.82, 2.24) is 95.3 Å². The van der Waals surface area contributed by atoms with Gasteiger partial charge >= 0.3 is 0 Å². The number of primary amides is 2. The molecule has 43 nitrogen and oxygen atoms in total. The number of carbonyl (C=O) groups excluding carboxylic acids is 20. The molecule has 1 aliphatic heterocycles. The van der Waals surface area contributed by atoms with Crippen LogP contribution in [0.1, 0.15) is 223 Å². The highest BCUT2D eigenvalue weighted by Gasteiger charge is 2.47. The van der Waals surface area contributed by atoms with Crippen LogP contribution in [0.5, 0.6) is 5.75 Å². The lowest BCUT2D eigenvalue weighted by Crippen LogP contribution is -2.66. The lowest BCUT2D eigenvalue weighted by Gasteiger charge is -2.35. The smallest absolute Gasteiger partial charge is 0.248 e. The first-order chi connectivity index (χ1) is 57.6. The van der Waals surface area contributed by atoms with Gasteiger partial charge in [-0.25, -0.2) is 0 Å². The van der Waals surface area contributed by atoms with E-state index in [9.17, 15) is 111 Å². The number of aliphatic hydroxyl groups excluding tert-OH is 2. The molecule has 9 unspecified atom stereocenters. The van der Waals surface area contributed by atoms with Crippen molar-refractivity contribution < 1.29 is 111 Å². The van der Waals surface area contributed by atoms with Gasteiger partial charge < -0.3 is 122 Å². The second-order valence-electron chi connectivity index (χ2n) is 37.3. The van der Waals surface area contributed by atoms with Gasteiger partial charge in [-0.3, -0.25) is 95.9 Å². The third-order valence-corrected chi connectivity index (χ3v) is 20.3. The molecule has 9 atom stereocenters. The van der Waals surface area contributed by atoms with Gasteiger partial charge in [0.25, 0.3) is 0 Å². The molecule has 20 amide bonds. The molecule has 0 aliphatic carbocycles. The van der Waals surface area contributed by atoms with Crippen molar-refractivity contribution in [3.63, 3.8) is 0 Å². The maximum absolute atomic E-state index is 14.6. The van der Waals surface area contributed by atoms with Crippen LogP contribution in [0.25, 0.3) is 0 Å². The van der Waals surface area contributed by atoms with Crippen LogP contribution < -0.4 is 102 Å². The number of amides is 20. The second kappa shape index (κ2) is 46.5. The van der Waals surface area contributed by atoms with E-state index in [0.29, 0.717) is 12.0 Å². The zero-order chi connectivity index (χ0) is 97.2. The minimum atomic E-state index is -1.91. The average molecular weight is 1780 g/mol. The van der Waals surface area contributed by atoms with E-state index in [1.54, 1.807) is 53.7 Å². The Labute approximate surface area is 735 Å². The SMILES string of the molecule is CC(=O)NC(C)(C)C(=O)NC(CO)C(=O)NC(C)C(=O)NC(C)(C)C(=O)NC(C)(C)C(=O)NC(CCC(N)=O)C(=O)NC(C)(C)C(=O)NC(C(=O)NC(C)(C)C(=O)NCC(=O)NC(CC(C)C)C(=O)NC(C)(C)C(=O)N1CCCC1C(=O)NC(CC(C)C)C(=O)NC(C)(C)C(=O)NC(C)(C)C(=O)NC(CCC(N)=O)C(=O)NC(CO)Cc1ccc(O)cc1)C(C)C. The molecule has 126 heavy (non-hydrogen) atoms. The van der Waals surface area contributed by atoms with Crippen molar-refractivity contribution >= 4 is 118 Å². The number of nitrogens with zero attached hydrogens (tertiary/aromatic N) is 1. The number of likely N-dealkylation sites (tertiary alicyclic amines) is 1. The number of aromatic hydroxyl groups is 1. The van der Waals surface area contributed by atoms with Gasteiger partial charge in [-0.2, -0.15) is 0 Å². The molecule has 24 N–H and O–H groups in total. The summed E-state index contributed by atoms with van der Waals surface area (Å²) in [7, 11) is 0. The number of hydrogen-bond donors (Lipinski definition) is 22. The molecule has 1 saturated heterocycles. The fraction of sp³-hybridized carbons (Fsp3) is 0.687. The fourth-order valence-corrected chi connectivity index (χ4v) is 12.6. The first-order valence-electron chi connectivity index (χ1n) is 41.7. The minimum Gasteiger partial charge on any atom is -0.508 e. The van der Waals surface area contributed by atoms with Crippen molar-refractivity contribution in [3.05, 3.63) is 29.8 Å². The predicted octanol–water partition coefficient (Wildman–Crippen LogP) is -4.62. The lowest BCUT2D eigenvalue weighted by molar-refractivity contribution is -0.145. The molecule has 2 rings (SSSR count). The number of aliphatic hydroxyl groups is 2. The minimum absolute atomic E-state index is 0.00299. The van der Waals surface area contributed by atoms with E-state index < -0.39 is 255 Å². The first-order valence-corrected chi connectivity index (χ1v) is 41.7. The third kappa shape index (κ3) is 35.0. The van der Waals surface area contributed by atoms with Crippen LogP contribution in [0.4, 0.5) is 0 Å². The molecule has 1 aromatic carbocycles. The van der Waals surface area contributed by atoms with Crippen LogP contribution in [0.15, 0.2) is 24.3 Å². The van der Waals surface area contributed by atoms with Crippen molar-refractivity contribution in [2.75, 3.05) is 26.3 Å². The number of carbonyl (C=O) groups is 20. The molecule has 1 heterocycles. The lowest BCUT2D eigenvalue weighted by atomic mass is 9.96. The Hall–Kier alpha value is -11.7. The van der Waals surface area contributed by atoms with E-state index in [1.165, 1.54) is 142 Å². The summed E-state index contributed by atoms with van der Waals surface area (Å²) in [6.45, 7) is 31.5. The van der Waals surface area contributed by atoms with Crippen LogP contribution >= 0.6 is 0 Å². The molecule has 0 radical (unpaired) electrons. The number of nitrogens with one attached hydrogen (secondary N) is 17. The number of nitrogens with two attached hydrogens (primary N) is 2. The highest BCUT2D eigenvalue weighted by Crippen LogP contribution is 2.25. The van der Waals surface area contributed by atoms with Gasteiger partial charge in [0.05, 0.1) is 25.8 Å². The second-order valence-corrected chi connectivity index (χ2v) is 37.3. The van der Waals surface area contributed by atoms with E-state index in [0.717, 1.165) is 0 Å². The molecular weight excluding hydrogens is 1650 g/mol. The number of benzene rings is 1. The Morgan fingerprint density at radius 2 is 0.794 bits per heavy atom. The predicted molar refractivity (Wildman–Crippen MR) is 459 cm³/mol. The third-order valence-electron chi connectivity index (χ3n) is 20.3. The van der Waals surface area contributed by atoms with Crippen LogP contribution in [0.3, 0.4) is 0 Å². The largest absolute Gasteiger partial charge is 0.508 e. The van der Waals surface area contributed by atoms with E-state index in [2.05, 4.69) is 90.4 Å². The van der Waals surface area contributed by atoms with Crippen LogP contribution in [0, 0.1) is 17.8 Å². The van der Waals surface area contributed by atoms with Gasteiger partial charge in [-0.1, -0.05) is 53.7 Å². The summed E-state index contributed by atoms with van der Waals surface area (Å²) in [6.07, 6.45) is -0.815.